The Morgan fingerprint density at radius 2 is 1.82 bits per heavy atom. The number of benzene rings is 1. The average Bonchev–Trinajstić information content (AvgIpc) is 3.79. The number of piperidine rings is 1. The van der Waals surface area contributed by atoms with E-state index >= 15 is 0 Å². The van der Waals surface area contributed by atoms with Crippen molar-refractivity contribution in [2.75, 3.05) is 18.5 Å². The van der Waals surface area contributed by atoms with Gasteiger partial charge < -0.3 is 15.0 Å². The first-order chi connectivity index (χ1) is 26.9. The predicted octanol–water partition coefficient (Wildman–Crippen LogP) is 7.56. The van der Waals surface area contributed by atoms with Gasteiger partial charge in [0.25, 0.3) is 0 Å². The number of amides is 1. The van der Waals surface area contributed by atoms with E-state index in [9.17, 15) is 14.4 Å². The largest absolute Gasteiger partial charge is 0.477 e. The Bertz CT molecular complexity index is 2170. The quantitative estimate of drug-likeness (QED) is 0.0423. The molecule has 290 valence electrons. The summed E-state index contributed by atoms with van der Waals surface area (Å²) in [5.41, 5.74) is 5.19. The third-order valence-corrected chi connectivity index (χ3v) is 11.1. The van der Waals surface area contributed by atoms with Crippen molar-refractivity contribution >= 4 is 44.8 Å². The van der Waals surface area contributed by atoms with Crippen LogP contribution in [0.5, 0.6) is 5.88 Å². The molecule has 1 saturated heterocycles. The summed E-state index contributed by atoms with van der Waals surface area (Å²) in [5.74, 6) is 0.398. The molecule has 12 heteroatoms. The molecule has 1 aromatic carbocycles. The Morgan fingerprint density at radius 1 is 1.04 bits per heavy atom. The van der Waals surface area contributed by atoms with Crippen molar-refractivity contribution in [3.8, 4) is 17.0 Å². The van der Waals surface area contributed by atoms with Crippen LogP contribution in [-0.4, -0.2) is 73.3 Å². The molecule has 0 unspecified atom stereocenters. The summed E-state index contributed by atoms with van der Waals surface area (Å²) < 4.78 is 6.89. The lowest BCUT2D eigenvalue weighted by Gasteiger charge is -2.28. The molecular formula is C44H48BrN7O4. The summed E-state index contributed by atoms with van der Waals surface area (Å²) in [6.45, 7) is 12.9. The fraction of sp³-hybridized carbons (Fsp3) is 0.364. The minimum absolute atomic E-state index is 0.0843. The Kier molecular flexibility index (Phi) is 12.7. The van der Waals surface area contributed by atoms with Gasteiger partial charge in [0.15, 0.2) is 11.6 Å². The molecule has 0 bridgehead atoms. The first-order valence-electron chi connectivity index (χ1n) is 19.0. The smallest absolute Gasteiger partial charge is 0.242 e. The van der Waals surface area contributed by atoms with Gasteiger partial charge in [-0.05, 0) is 109 Å². The van der Waals surface area contributed by atoms with Gasteiger partial charge in [0.2, 0.25) is 11.8 Å². The number of rotatable bonds is 19. The topological polar surface area (TPSA) is 151 Å². The number of carbonyl (C=O) groups excluding carboxylic acids is 3. The van der Waals surface area contributed by atoms with Crippen LogP contribution in [0, 0.1) is 24.7 Å². The van der Waals surface area contributed by atoms with E-state index in [4.69, 9.17) is 10.1 Å². The summed E-state index contributed by atoms with van der Waals surface area (Å²) in [6, 6.07) is 12.3. The molecule has 2 aliphatic rings. The zero-order chi connectivity index (χ0) is 40.0. The van der Waals surface area contributed by atoms with E-state index in [0.29, 0.717) is 65.5 Å². The van der Waals surface area contributed by atoms with Crippen LogP contribution in [0.4, 0.5) is 5.69 Å². The van der Waals surface area contributed by atoms with E-state index in [1.54, 1.807) is 29.4 Å². The van der Waals surface area contributed by atoms with Gasteiger partial charge in [-0.3, -0.25) is 19.8 Å². The van der Waals surface area contributed by atoms with Gasteiger partial charge in [-0.1, -0.05) is 24.3 Å². The Hall–Kier alpha value is -5.36. The van der Waals surface area contributed by atoms with Gasteiger partial charge >= 0.3 is 0 Å². The number of hydrogen-bond donors (Lipinski definition) is 2. The second-order valence-corrected chi connectivity index (χ2v) is 15.6. The number of pyridine rings is 2. The standard InChI is InChI=1S/C44H48BrN7O4/c1-6-8-9-10-13-30-18-31(32-23-47-29(5)48-24-32)19-34(42(46)28(4)53)43(30)49-25-41(55)52-36(37(54)20-35-27(3)16-17-39(45)51-35)21-44(22-38(44)52)26-56-40-15-11-14-33(50-40)12-7-2/h6-7,11,14-19,23-24,36,38,46,49H,1-2,8-10,12-13,20-22,25-26H2,3-5H3/t36-,38+,44-/m0/s1. The zero-order valence-corrected chi connectivity index (χ0v) is 33.8. The van der Waals surface area contributed by atoms with Crippen molar-refractivity contribution in [3.63, 3.8) is 0 Å². The number of ketones is 2. The van der Waals surface area contributed by atoms with Crippen molar-refractivity contribution in [2.24, 2.45) is 5.41 Å². The third-order valence-electron chi connectivity index (χ3n) is 10.7. The maximum Gasteiger partial charge on any atom is 0.242 e. The Balaban J connectivity index is 1.30. The highest BCUT2D eigenvalue weighted by molar-refractivity contribution is 9.10. The van der Waals surface area contributed by atoms with Gasteiger partial charge in [0.05, 0.1) is 31.3 Å². The predicted molar refractivity (Wildman–Crippen MR) is 221 cm³/mol. The number of allylic oxidation sites excluding steroid dienone is 2. The van der Waals surface area contributed by atoms with E-state index in [0.717, 1.165) is 47.2 Å². The second-order valence-electron chi connectivity index (χ2n) is 14.8. The van der Waals surface area contributed by atoms with Crippen LogP contribution in [0.3, 0.4) is 0 Å². The number of Topliss-reactive ketones (excluding diaryl/α,β-unsaturated/α-hetero) is 2. The third kappa shape index (κ3) is 9.18. The highest BCUT2D eigenvalue weighted by Crippen LogP contribution is 2.60. The van der Waals surface area contributed by atoms with Gasteiger partial charge in [0.1, 0.15) is 16.1 Å². The molecule has 1 aliphatic carbocycles. The molecule has 3 atom stereocenters. The molecule has 0 spiro atoms. The SMILES string of the molecule is C=CCCCCc1cc(-c2cnc(C)nc2)cc(C(=N)C(C)=O)c1NCC(=O)N1[C@H](C(=O)Cc2nc(Br)ccc2C)C[C@@]2(COc3cccc(CC=C)n3)C[C@@H]12. The van der Waals surface area contributed by atoms with E-state index in [2.05, 4.69) is 54.3 Å². The number of nitrogens with one attached hydrogen (secondary N) is 2. The summed E-state index contributed by atoms with van der Waals surface area (Å²) in [5, 5.41) is 12.2. The number of likely N-dealkylation sites (tertiary alicyclic amines) is 1. The van der Waals surface area contributed by atoms with Gasteiger partial charge in [0, 0.05) is 65.8 Å². The number of hydrogen-bond acceptors (Lipinski definition) is 10. The molecule has 3 aromatic heterocycles. The average molecular weight is 819 g/mol. The summed E-state index contributed by atoms with van der Waals surface area (Å²) in [7, 11) is 0. The molecule has 6 rings (SSSR count). The fourth-order valence-electron chi connectivity index (χ4n) is 7.56. The van der Waals surface area contributed by atoms with Crippen LogP contribution in [-0.2, 0) is 33.6 Å². The van der Waals surface area contributed by atoms with Gasteiger partial charge in [-0.15, -0.1) is 13.2 Å². The second kappa shape index (κ2) is 17.6. The van der Waals surface area contributed by atoms with Gasteiger partial charge in [-0.25, -0.2) is 19.9 Å². The lowest BCUT2D eigenvalue weighted by Crippen LogP contribution is -2.46. The lowest BCUT2D eigenvalue weighted by atomic mass is 9.92. The number of anilines is 1. The Morgan fingerprint density at radius 3 is 2.55 bits per heavy atom. The molecule has 4 heterocycles. The minimum atomic E-state index is -0.677. The number of halogens is 1. The van der Waals surface area contributed by atoms with Crippen LogP contribution >= 0.6 is 15.9 Å². The molecular weight excluding hydrogens is 770 g/mol. The zero-order valence-electron chi connectivity index (χ0n) is 32.2. The number of unbranched alkanes of at least 4 members (excludes halogenated alkanes) is 2. The molecule has 4 aromatic rings. The lowest BCUT2D eigenvalue weighted by molar-refractivity contribution is -0.137. The van der Waals surface area contributed by atoms with E-state index < -0.39 is 17.2 Å². The molecule has 11 nitrogen and oxygen atoms in total. The first-order valence-corrected chi connectivity index (χ1v) is 19.8. The summed E-state index contributed by atoms with van der Waals surface area (Å²) in [6.07, 6.45) is 12.2. The van der Waals surface area contributed by atoms with E-state index in [1.165, 1.54) is 6.92 Å². The molecule has 2 N–H and O–H groups in total. The Labute approximate surface area is 336 Å². The molecule has 56 heavy (non-hydrogen) atoms. The number of carbonyl (C=O) groups is 3. The van der Waals surface area contributed by atoms with Crippen LogP contribution in [0.2, 0.25) is 0 Å². The normalized spacial score (nSPS) is 18.2. The van der Waals surface area contributed by atoms with Gasteiger partial charge in [-0.2, -0.15) is 0 Å². The number of aromatic nitrogens is 4. The number of ether oxygens (including phenoxy) is 1. The van der Waals surface area contributed by atoms with Crippen molar-refractivity contribution in [3.05, 3.63) is 119 Å². The highest BCUT2D eigenvalue weighted by Gasteiger charge is 2.67. The van der Waals surface area contributed by atoms with E-state index in [-0.39, 0.29) is 36.4 Å². The van der Waals surface area contributed by atoms with Crippen LogP contribution in [0.1, 0.15) is 72.9 Å². The van der Waals surface area contributed by atoms with Crippen molar-refractivity contribution in [1.29, 1.82) is 5.41 Å². The fourth-order valence-corrected chi connectivity index (χ4v) is 7.90. The number of nitrogens with zero attached hydrogens (tertiary/aromatic N) is 5. The monoisotopic (exact) mass is 817 g/mol. The maximum atomic E-state index is 14.5. The van der Waals surface area contributed by atoms with Crippen molar-refractivity contribution in [1.82, 2.24) is 24.8 Å². The summed E-state index contributed by atoms with van der Waals surface area (Å²) in [4.78, 5) is 61.1. The summed E-state index contributed by atoms with van der Waals surface area (Å²) >= 11 is 3.43. The molecule has 2 fully saturated rings. The first kappa shape index (κ1) is 40.3. The van der Waals surface area contributed by atoms with Crippen molar-refractivity contribution in [2.45, 2.75) is 84.2 Å². The maximum absolute atomic E-state index is 14.5. The van der Waals surface area contributed by atoms with Crippen LogP contribution in [0.25, 0.3) is 11.1 Å². The van der Waals surface area contributed by atoms with E-state index in [1.807, 2.05) is 56.3 Å². The number of fused-ring (bicyclic) bond motifs is 1. The highest BCUT2D eigenvalue weighted by atomic mass is 79.9. The minimum Gasteiger partial charge on any atom is -0.477 e. The molecule has 0 radical (unpaired) electrons. The van der Waals surface area contributed by atoms with Crippen LogP contribution in [0.15, 0.2) is 84.8 Å². The molecule has 1 aliphatic heterocycles. The molecule has 1 amide bonds. The van der Waals surface area contributed by atoms with Crippen LogP contribution < -0.4 is 10.1 Å². The van der Waals surface area contributed by atoms with Crippen molar-refractivity contribution < 1.29 is 19.1 Å². The molecule has 1 saturated carbocycles. The number of aryl methyl sites for hydroxylation is 3.